The molecule has 0 N–H and O–H groups in total. The van der Waals surface area contributed by atoms with Crippen molar-refractivity contribution in [2.24, 2.45) is 34.5 Å². The van der Waals surface area contributed by atoms with Gasteiger partial charge in [0.05, 0.1) is 22.8 Å². The van der Waals surface area contributed by atoms with E-state index in [2.05, 4.69) is 32.6 Å². The number of hydrogen-bond donors (Lipinski definition) is 0. The van der Waals surface area contributed by atoms with E-state index in [9.17, 15) is 19.2 Å². The van der Waals surface area contributed by atoms with Crippen LogP contribution in [0.15, 0.2) is 115 Å². The molecule has 10 heteroatoms. The largest absolute Gasteiger partial charge is 0.463 e. The normalized spacial score (nSPS) is 34.4. The minimum atomic E-state index is -1.44. The van der Waals surface area contributed by atoms with Gasteiger partial charge >= 0.3 is 23.9 Å². The van der Waals surface area contributed by atoms with Crippen LogP contribution >= 0.6 is 0 Å². The lowest BCUT2D eigenvalue weighted by atomic mass is 9.47. The van der Waals surface area contributed by atoms with Crippen molar-refractivity contribution in [2.75, 3.05) is 6.61 Å². The lowest BCUT2D eigenvalue weighted by Gasteiger charge is -2.58. The second-order valence-corrected chi connectivity index (χ2v) is 17.8. The Morgan fingerprint density at radius 2 is 1.28 bits per heavy atom. The third kappa shape index (κ3) is 8.20. The second-order valence-electron chi connectivity index (χ2n) is 17.8. The predicted molar refractivity (Wildman–Crippen MR) is 222 cm³/mol. The Morgan fingerprint density at radius 3 is 1.85 bits per heavy atom. The molecule has 12 atom stereocenters. The summed E-state index contributed by atoms with van der Waals surface area (Å²) in [6.45, 7) is 10.0. The van der Waals surface area contributed by atoms with Crippen LogP contribution in [0.25, 0.3) is 0 Å². The number of allylic oxidation sites excluding steroid dienone is 2. The molecule has 4 aliphatic carbocycles. The van der Waals surface area contributed by atoms with Crippen LogP contribution in [0.2, 0.25) is 0 Å². The Hall–Kier alpha value is -5.06. The first-order chi connectivity index (χ1) is 29.0. The van der Waals surface area contributed by atoms with E-state index < -0.39 is 54.6 Å². The molecule has 316 valence electrons. The molecular formula is C50H56O10. The van der Waals surface area contributed by atoms with E-state index in [0.29, 0.717) is 35.5 Å². The van der Waals surface area contributed by atoms with Crippen LogP contribution in [0.5, 0.6) is 0 Å². The SMILES string of the molecule is C=C[C@H]1CC[C@H]2[C@@H]3CC=C4C[C@@H](O[C@@H]5O[C@@H](COC(C)=O)[C@@H](OC(=O)c6ccccc6)[C@@H](OC(=O)c6ccccc6)[C@@H]5OC(=O)c5ccccc5)CC[C@]4(C)[C@H]3CC[C@]12C. The fraction of sp³-hybridized carbons (Fsp3) is 0.480. The molecule has 0 spiro atoms. The van der Waals surface area contributed by atoms with Gasteiger partial charge < -0.3 is 28.4 Å². The van der Waals surface area contributed by atoms with Crippen LogP contribution < -0.4 is 0 Å². The molecule has 0 bridgehead atoms. The standard InChI is InChI=1S/C50H56O10/c1-5-35-22-24-39-38-23-21-36-29-37(25-27-50(36,4)40(38)26-28-49(35,39)3)56-48-44(60-47(54)34-19-13-8-14-20-34)43(59-46(53)33-17-11-7-12-18-33)42(41(57-48)30-55-31(2)51)58-45(52)32-15-9-6-10-16-32/h5-21,35,37-44,48H,1,22-30H2,2-4H3/t35-,37-,38-,39-,40-,41-,42+,43+,44-,48+,49+,50-/m0/s1. The minimum Gasteiger partial charge on any atom is -0.463 e. The summed E-state index contributed by atoms with van der Waals surface area (Å²) in [6, 6.07) is 25.2. The third-order valence-electron chi connectivity index (χ3n) is 14.5. The molecule has 0 aromatic heterocycles. The Labute approximate surface area is 352 Å². The highest BCUT2D eigenvalue weighted by Crippen LogP contribution is 2.66. The summed E-state index contributed by atoms with van der Waals surface area (Å²) in [4.78, 5) is 53.9. The van der Waals surface area contributed by atoms with Gasteiger partial charge in [0.25, 0.3) is 0 Å². The van der Waals surface area contributed by atoms with Gasteiger partial charge in [0.1, 0.15) is 12.7 Å². The van der Waals surface area contributed by atoms with E-state index >= 15 is 0 Å². The van der Waals surface area contributed by atoms with Gasteiger partial charge in [-0.25, -0.2) is 14.4 Å². The molecule has 3 aromatic rings. The zero-order valence-electron chi connectivity index (χ0n) is 34.7. The molecule has 10 nitrogen and oxygen atoms in total. The summed E-state index contributed by atoms with van der Waals surface area (Å²) in [5, 5.41) is 0. The first-order valence-corrected chi connectivity index (χ1v) is 21.5. The van der Waals surface area contributed by atoms with Crippen LogP contribution in [0.4, 0.5) is 0 Å². The second kappa shape index (κ2) is 17.5. The number of carbonyl (C=O) groups is 4. The zero-order valence-corrected chi connectivity index (χ0v) is 34.7. The van der Waals surface area contributed by atoms with Crippen molar-refractivity contribution in [3.05, 3.63) is 132 Å². The molecule has 4 fully saturated rings. The number of rotatable bonds is 11. The molecule has 1 aliphatic heterocycles. The number of hydrogen-bond acceptors (Lipinski definition) is 10. The monoisotopic (exact) mass is 816 g/mol. The summed E-state index contributed by atoms with van der Waals surface area (Å²) in [5.74, 6) is -0.290. The highest BCUT2D eigenvalue weighted by Gasteiger charge is 2.59. The average molecular weight is 817 g/mol. The van der Waals surface area contributed by atoms with Gasteiger partial charge in [0.15, 0.2) is 24.6 Å². The van der Waals surface area contributed by atoms with Crippen molar-refractivity contribution < 1.29 is 47.6 Å². The minimum absolute atomic E-state index is 0.0331. The van der Waals surface area contributed by atoms with Crippen molar-refractivity contribution in [3.63, 3.8) is 0 Å². The van der Waals surface area contributed by atoms with Crippen molar-refractivity contribution in [1.82, 2.24) is 0 Å². The van der Waals surface area contributed by atoms with E-state index in [-0.39, 0.29) is 34.8 Å². The Balaban J connectivity index is 1.12. The summed E-state index contributed by atoms with van der Waals surface area (Å²) in [7, 11) is 0. The maximum absolute atomic E-state index is 13.9. The van der Waals surface area contributed by atoms with Gasteiger partial charge in [-0.2, -0.15) is 0 Å². The van der Waals surface area contributed by atoms with Crippen LogP contribution in [0.3, 0.4) is 0 Å². The average Bonchev–Trinajstić information content (AvgIpc) is 3.62. The lowest BCUT2D eigenvalue weighted by molar-refractivity contribution is -0.311. The first kappa shape index (κ1) is 41.7. The van der Waals surface area contributed by atoms with E-state index in [1.54, 1.807) is 91.0 Å². The molecule has 1 saturated heterocycles. The topological polar surface area (TPSA) is 124 Å². The van der Waals surface area contributed by atoms with Gasteiger partial charge in [-0.05, 0) is 122 Å². The molecule has 0 amide bonds. The molecule has 0 unspecified atom stereocenters. The highest BCUT2D eigenvalue weighted by atomic mass is 16.7. The Morgan fingerprint density at radius 1 is 0.717 bits per heavy atom. The van der Waals surface area contributed by atoms with E-state index in [0.717, 1.165) is 19.3 Å². The first-order valence-electron chi connectivity index (χ1n) is 21.5. The van der Waals surface area contributed by atoms with Crippen LogP contribution in [-0.2, 0) is 33.2 Å². The number of benzene rings is 3. The van der Waals surface area contributed by atoms with Crippen molar-refractivity contribution in [2.45, 2.75) is 109 Å². The summed E-state index contributed by atoms with van der Waals surface area (Å²) in [6.07, 6.45) is 5.86. The number of ether oxygens (including phenoxy) is 6. The third-order valence-corrected chi connectivity index (χ3v) is 14.5. The van der Waals surface area contributed by atoms with Gasteiger partial charge in [-0.15, -0.1) is 6.58 Å². The molecular weight excluding hydrogens is 761 g/mol. The van der Waals surface area contributed by atoms with E-state index in [4.69, 9.17) is 28.4 Å². The van der Waals surface area contributed by atoms with E-state index in [1.165, 1.54) is 38.2 Å². The van der Waals surface area contributed by atoms with Crippen LogP contribution in [-0.4, -0.2) is 67.3 Å². The van der Waals surface area contributed by atoms with Crippen molar-refractivity contribution in [1.29, 1.82) is 0 Å². The summed E-state index contributed by atoms with van der Waals surface area (Å²) < 4.78 is 37.6. The predicted octanol–water partition coefficient (Wildman–Crippen LogP) is 9.10. The Kier molecular flexibility index (Phi) is 12.2. The quantitative estimate of drug-likeness (QED) is 0.105. The number of esters is 4. The molecule has 60 heavy (non-hydrogen) atoms. The van der Waals surface area contributed by atoms with Gasteiger partial charge in [-0.3, -0.25) is 4.79 Å². The molecule has 8 rings (SSSR count). The van der Waals surface area contributed by atoms with Crippen LogP contribution in [0.1, 0.15) is 103 Å². The fourth-order valence-electron chi connectivity index (χ4n) is 11.4. The molecule has 5 aliphatic rings. The van der Waals surface area contributed by atoms with Gasteiger partial charge in [-0.1, -0.05) is 86.2 Å². The van der Waals surface area contributed by atoms with Crippen molar-refractivity contribution in [3.8, 4) is 0 Å². The molecule has 3 aromatic carbocycles. The molecule has 1 heterocycles. The lowest BCUT2D eigenvalue weighted by Crippen LogP contribution is -2.63. The van der Waals surface area contributed by atoms with E-state index in [1.807, 2.05) is 0 Å². The zero-order chi connectivity index (χ0) is 42.0. The smallest absolute Gasteiger partial charge is 0.338 e. The van der Waals surface area contributed by atoms with Crippen molar-refractivity contribution >= 4 is 23.9 Å². The number of fused-ring (bicyclic) bond motifs is 5. The molecule has 3 saturated carbocycles. The summed E-state index contributed by atoms with van der Waals surface area (Å²) in [5.41, 5.74) is 2.45. The summed E-state index contributed by atoms with van der Waals surface area (Å²) >= 11 is 0. The number of carbonyl (C=O) groups excluding carboxylic acids is 4. The maximum Gasteiger partial charge on any atom is 0.338 e. The van der Waals surface area contributed by atoms with Gasteiger partial charge in [0.2, 0.25) is 0 Å². The molecule has 0 radical (unpaired) electrons. The fourth-order valence-corrected chi connectivity index (χ4v) is 11.4. The van der Waals surface area contributed by atoms with Crippen LogP contribution in [0, 0.1) is 34.5 Å². The maximum atomic E-state index is 13.9. The Bertz CT molecular complexity index is 2070. The highest BCUT2D eigenvalue weighted by molar-refractivity contribution is 5.91. The van der Waals surface area contributed by atoms with Gasteiger partial charge in [0, 0.05) is 6.92 Å².